The molecule has 2 rings (SSSR count). The minimum Gasteiger partial charge on any atom is -0.491 e. The van der Waals surface area contributed by atoms with Gasteiger partial charge in [0.15, 0.2) is 0 Å². The number of nitrogens with one attached hydrogen (secondary N) is 2. The number of H-pyrrole nitrogens is 1. The second kappa shape index (κ2) is 6.39. The van der Waals surface area contributed by atoms with Gasteiger partial charge >= 0.3 is 0 Å². The van der Waals surface area contributed by atoms with Gasteiger partial charge in [-0.25, -0.2) is 0 Å². The fourth-order valence-electron chi connectivity index (χ4n) is 2.01. The fourth-order valence-corrected chi connectivity index (χ4v) is 2.01. The van der Waals surface area contributed by atoms with Crippen LogP contribution in [0.4, 0.5) is 0 Å². The summed E-state index contributed by atoms with van der Waals surface area (Å²) in [6.07, 6.45) is 0.127. The summed E-state index contributed by atoms with van der Waals surface area (Å²) in [5.74, 6) is 0.803. The molecule has 1 aromatic heterocycles. The molecule has 4 heteroatoms. The highest BCUT2D eigenvalue weighted by atomic mass is 16.5. The van der Waals surface area contributed by atoms with Gasteiger partial charge in [-0.3, -0.25) is 4.79 Å². The zero-order valence-electron chi connectivity index (χ0n) is 12.1. The van der Waals surface area contributed by atoms with E-state index in [9.17, 15) is 4.79 Å². The Balaban J connectivity index is 2.32. The van der Waals surface area contributed by atoms with Crippen LogP contribution >= 0.6 is 0 Å². The van der Waals surface area contributed by atoms with E-state index < -0.39 is 0 Å². The highest BCUT2D eigenvalue weighted by Crippen LogP contribution is 2.22. The fraction of sp³-hybridized carbons (Fsp3) is 0.312. The number of aromatic amines is 1. The second-order valence-corrected chi connectivity index (χ2v) is 4.95. The zero-order valence-corrected chi connectivity index (χ0v) is 12.1. The minimum atomic E-state index is -0.0629. The topological polar surface area (TPSA) is 54.1 Å². The molecule has 2 aromatic rings. The first kappa shape index (κ1) is 14.3. The predicted molar refractivity (Wildman–Crippen MR) is 81.0 cm³/mol. The Kier molecular flexibility index (Phi) is 4.58. The van der Waals surface area contributed by atoms with Gasteiger partial charge in [-0.15, -0.1) is 0 Å². The summed E-state index contributed by atoms with van der Waals surface area (Å²) >= 11 is 0. The summed E-state index contributed by atoms with van der Waals surface area (Å²) in [6, 6.07) is 11.5. The van der Waals surface area contributed by atoms with Crippen LogP contribution in [-0.4, -0.2) is 18.1 Å². The van der Waals surface area contributed by atoms with E-state index in [1.165, 1.54) is 0 Å². The van der Waals surface area contributed by atoms with Crippen molar-refractivity contribution >= 4 is 0 Å². The molecule has 0 saturated heterocycles. The van der Waals surface area contributed by atoms with E-state index >= 15 is 0 Å². The van der Waals surface area contributed by atoms with E-state index in [2.05, 4.69) is 10.3 Å². The van der Waals surface area contributed by atoms with Crippen molar-refractivity contribution < 1.29 is 4.74 Å². The van der Waals surface area contributed by atoms with Crippen LogP contribution in [-0.2, 0) is 6.54 Å². The van der Waals surface area contributed by atoms with Crippen LogP contribution in [0.25, 0.3) is 11.3 Å². The van der Waals surface area contributed by atoms with Crippen molar-refractivity contribution in [2.45, 2.75) is 26.5 Å². The SMILES string of the molecule is CNCc1ccc(-c2cccc(OC(C)C)c2)[nH]c1=O. The van der Waals surface area contributed by atoms with E-state index in [0.29, 0.717) is 6.54 Å². The first-order valence-corrected chi connectivity index (χ1v) is 6.74. The standard InChI is InChI=1S/C16H20N2O2/c1-11(2)20-14-6-4-5-12(9-14)15-8-7-13(10-17-3)16(19)18-15/h4-9,11,17H,10H2,1-3H3,(H,18,19). The van der Waals surface area contributed by atoms with Crippen molar-refractivity contribution in [1.82, 2.24) is 10.3 Å². The molecule has 106 valence electrons. The van der Waals surface area contributed by atoms with Crippen molar-refractivity contribution in [3.05, 3.63) is 52.3 Å². The summed E-state index contributed by atoms with van der Waals surface area (Å²) in [5.41, 5.74) is 2.40. The van der Waals surface area contributed by atoms with E-state index in [0.717, 1.165) is 22.6 Å². The first-order chi connectivity index (χ1) is 9.60. The summed E-state index contributed by atoms with van der Waals surface area (Å²) in [4.78, 5) is 14.8. The van der Waals surface area contributed by atoms with Crippen LogP contribution in [0.1, 0.15) is 19.4 Å². The Morgan fingerprint density at radius 1 is 1.25 bits per heavy atom. The molecule has 20 heavy (non-hydrogen) atoms. The predicted octanol–water partition coefficient (Wildman–Crippen LogP) is 2.55. The molecule has 0 spiro atoms. The summed E-state index contributed by atoms with van der Waals surface area (Å²) in [5, 5.41) is 2.97. The van der Waals surface area contributed by atoms with Crippen molar-refractivity contribution in [3.63, 3.8) is 0 Å². The highest BCUT2D eigenvalue weighted by molar-refractivity contribution is 5.61. The molecule has 0 amide bonds. The molecule has 0 aliphatic heterocycles. The van der Waals surface area contributed by atoms with Crippen LogP contribution < -0.4 is 15.6 Å². The van der Waals surface area contributed by atoms with Crippen molar-refractivity contribution in [2.75, 3.05) is 7.05 Å². The van der Waals surface area contributed by atoms with Crippen LogP contribution in [0.2, 0.25) is 0 Å². The largest absolute Gasteiger partial charge is 0.491 e. The van der Waals surface area contributed by atoms with Crippen molar-refractivity contribution in [2.24, 2.45) is 0 Å². The normalized spacial score (nSPS) is 10.8. The van der Waals surface area contributed by atoms with Crippen LogP contribution in [0.15, 0.2) is 41.2 Å². The van der Waals surface area contributed by atoms with E-state index in [1.807, 2.05) is 57.3 Å². The molecule has 4 nitrogen and oxygen atoms in total. The van der Waals surface area contributed by atoms with Crippen LogP contribution in [0.5, 0.6) is 5.75 Å². The molecule has 0 atom stereocenters. The summed E-state index contributed by atoms with van der Waals surface area (Å²) < 4.78 is 5.67. The lowest BCUT2D eigenvalue weighted by molar-refractivity contribution is 0.242. The van der Waals surface area contributed by atoms with Gasteiger partial charge in [0.2, 0.25) is 0 Å². The molecule has 0 fully saturated rings. The van der Waals surface area contributed by atoms with Gasteiger partial charge in [-0.05, 0) is 39.1 Å². The average Bonchev–Trinajstić information content (AvgIpc) is 2.41. The van der Waals surface area contributed by atoms with Crippen molar-refractivity contribution in [1.29, 1.82) is 0 Å². The van der Waals surface area contributed by atoms with E-state index in [4.69, 9.17) is 4.74 Å². The molecule has 0 aliphatic rings. The van der Waals surface area contributed by atoms with Gasteiger partial charge in [0, 0.05) is 23.4 Å². The molecule has 0 bridgehead atoms. The molecule has 2 N–H and O–H groups in total. The Hall–Kier alpha value is -2.07. The van der Waals surface area contributed by atoms with Gasteiger partial charge in [0.05, 0.1) is 6.10 Å². The van der Waals surface area contributed by atoms with Gasteiger partial charge in [0.25, 0.3) is 5.56 Å². The lowest BCUT2D eigenvalue weighted by Gasteiger charge is -2.11. The molecule has 1 heterocycles. The maximum Gasteiger partial charge on any atom is 0.252 e. The molecule has 1 aromatic carbocycles. The molecule has 0 aliphatic carbocycles. The number of benzene rings is 1. The zero-order chi connectivity index (χ0) is 14.5. The molecular weight excluding hydrogens is 252 g/mol. The van der Waals surface area contributed by atoms with Crippen LogP contribution in [0, 0.1) is 0 Å². The number of pyridine rings is 1. The van der Waals surface area contributed by atoms with Gasteiger partial charge in [-0.1, -0.05) is 18.2 Å². The number of ether oxygens (including phenoxy) is 1. The Labute approximate surface area is 118 Å². The minimum absolute atomic E-state index is 0.0629. The molecule has 0 radical (unpaired) electrons. The second-order valence-electron chi connectivity index (χ2n) is 4.95. The number of rotatable bonds is 5. The molecule has 0 saturated carbocycles. The Morgan fingerprint density at radius 3 is 2.70 bits per heavy atom. The third kappa shape index (κ3) is 3.48. The highest BCUT2D eigenvalue weighted by Gasteiger charge is 2.05. The number of hydrogen-bond acceptors (Lipinski definition) is 3. The third-order valence-corrected chi connectivity index (χ3v) is 2.88. The molecule has 0 unspecified atom stereocenters. The van der Waals surface area contributed by atoms with E-state index in [1.54, 1.807) is 0 Å². The van der Waals surface area contributed by atoms with E-state index in [-0.39, 0.29) is 11.7 Å². The van der Waals surface area contributed by atoms with Gasteiger partial charge in [0.1, 0.15) is 5.75 Å². The number of aromatic nitrogens is 1. The third-order valence-electron chi connectivity index (χ3n) is 2.88. The lowest BCUT2D eigenvalue weighted by atomic mass is 10.1. The smallest absolute Gasteiger partial charge is 0.252 e. The van der Waals surface area contributed by atoms with Gasteiger partial charge in [-0.2, -0.15) is 0 Å². The summed E-state index contributed by atoms with van der Waals surface area (Å²) in [7, 11) is 1.82. The van der Waals surface area contributed by atoms with Crippen LogP contribution in [0.3, 0.4) is 0 Å². The maximum atomic E-state index is 11.9. The van der Waals surface area contributed by atoms with Gasteiger partial charge < -0.3 is 15.0 Å². The maximum absolute atomic E-state index is 11.9. The summed E-state index contributed by atoms with van der Waals surface area (Å²) in [6.45, 7) is 4.54. The van der Waals surface area contributed by atoms with Crippen molar-refractivity contribution in [3.8, 4) is 17.0 Å². The number of hydrogen-bond donors (Lipinski definition) is 2. The lowest BCUT2D eigenvalue weighted by Crippen LogP contribution is -2.18. The monoisotopic (exact) mass is 272 g/mol. The molecular formula is C16H20N2O2. The quantitative estimate of drug-likeness (QED) is 0.879. The Bertz CT molecular complexity index is 632. The average molecular weight is 272 g/mol. The first-order valence-electron chi connectivity index (χ1n) is 6.74. The Morgan fingerprint density at radius 2 is 2.05 bits per heavy atom.